The van der Waals surface area contributed by atoms with Crippen molar-refractivity contribution in [1.29, 1.82) is 5.26 Å². The molecule has 3 atom stereocenters. The first-order chi connectivity index (χ1) is 16.0. The van der Waals surface area contributed by atoms with E-state index in [4.69, 9.17) is 15.5 Å². The molecule has 10 nitrogen and oxygen atoms in total. The number of carbonyl (C=O) groups excluding carboxylic acids is 1. The highest BCUT2D eigenvalue weighted by Crippen LogP contribution is 2.41. The molecule has 2 fully saturated rings. The fourth-order valence-corrected chi connectivity index (χ4v) is 4.60. The van der Waals surface area contributed by atoms with Crippen molar-refractivity contribution in [2.24, 2.45) is 5.73 Å². The molecule has 2 saturated heterocycles. The van der Waals surface area contributed by atoms with Crippen LogP contribution in [0.25, 0.3) is 0 Å². The molecule has 0 saturated carbocycles. The molecule has 2 N–H and O–H groups in total. The molecule has 0 radical (unpaired) electrons. The van der Waals surface area contributed by atoms with Gasteiger partial charge in [-0.2, -0.15) is 10.2 Å². The van der Waals surface area contributed by atoms with Crippen molar-refractivity contribution < 1.29 is 9.53 Å². The fourth-order valence-electron chi connectivity index (χ4n) is 4.60. The van der Waals surface area contributed by atoms with Crippen molar-refractivity contribution in [3.8, 4) is 17.9 Å². The second-order valence-electron chi connectivity index (χ2n) is 8.52. The van der Waals surface area contributed by atoms with Crippen LogP contribution in [0, 0.1) is 23.2 Å². The van der Waals surface area contributed by atoms with Gasteiger partial charge in [-0.1, -0.05) is 5.92 Å². The average molecular weight is 447 g/mol. The molecule has 170 valence electrons. The van der Waals surface area contributed by atoms with Crippen molar-refractivity contribution in [3.63, 3.8) is 0 Å². The number of carbonyl (C=O) groups is 1. The summed E-state index contributed by atoms with van der Waals surface area (Å²) < 4.78 is 7.75. The molecule has 10 heteroatoms. The number of hydrogen-bond donors (Lipinski definition) is 1. The zero-order chi connectivity index (χ0) is 23.1. The summed E-state index contributed by atoms with van der Waals surface area (Å²) in [5.41, 5.74) is 7.68. The molecule has 1 amide bonds. The molecule has 33 heavy (non-hydrogen) atoms. The third kappa shape index (κ3) is 3.67. The molecule has 2 aromatic rings. The predicted molar refractivity (Wildman–Crippen MR) is 121 cm³/mol. The van der Waals surface area contributed by atoms with Gasteiger partial charge in [-0.15, -0.1) is 5.92 Å². The third-order valence-electron chi connectivity index (χ3n) is 6.35. The second-order valence-corrected chi connectivity index (χ2v) is 8.52. The number of aromatic nitrogens is 3. The Bertz CT molecular complexity index is 1190. The molecule has 2 unspecified atom stereocenters. The number of rotatable bonds is 4. The van der Waals surface area contributed by atoms with Gasteiger partial charge in [-0.25, -0.2) is 0 Å². The maximum atomic E-state index is 13.9. The van der Waals surface area contributed by atoms with Crippen LogP contribution in [-0.4, -0.2) is 64.0 Å². The van der Waals surface area contributed by atoms with Gasteiger partial charge in [0.25, 0.3) is 5.91 Å². The van der Waals surface area contributed by atoms with E-state index in [1.54, 1.807) is 30.2 Å². The molecule has 5 rings (SSSR count). The van der Waals surface area contributed by atoms with Gasteiger partial charge in [0, 0.05) is 32.4 Å². The Kier molecular flexibility index (Phi) is 5.41. The smallest absolute Gasteiger partial charge is 0.277 e. The van der Waals surface area contributed by atoms with Crippen molar-refractivity contribution in [3.05, 3.63) is 35.3 Å². The number of pyridine rings is 1. The molecule has 5 heterocycles. The highest BCUT2D eigenvalue weighted by Gasteiger charge is 2.54. The molecule has 0 spiro atoms. The minimum absolute atomic E-state index is 0.0654. The van der Waals surface area contributed by atoms with Gasteiger partial charge in [0.15, 0.2) is 24.0 Å². The maximum Gasteiger partial charge on any atom is 0.277 e. The number of anilines is 2. The summed E-state index contributed by atoms with van der Waals surface area (Å²) in [5.74, 6) is 7.08. The number of ether oxygens (including phenoxy) is 1. The summed E-state index contributed by atoms with van der Waals surface area (Å²) in [6.07, 6.45) is 2.84. The lowest BCUT2D eigenvalue weighted by Crippen LogP contribution is -2.44. The number of nitrogens with zero attached hydrogens (tertiary/aromatic N) is 7. The van der Waals surface area contributed by atoms with E-state index in [1.807, 2.05) is 16.5 Å². The van der Waals surface area contributed by atoms with Crippen LogP contribution in [0.5, 0.6) is 0 Å². The Morgan fingerprint density at radius 3 is 2.97 bits per heavy atom. The fraction of sp³-hybridized carbons (Fsp3) is 0.478. The Hall–Kier alpha value is -3.60. The molecule has 3 aliphatic rings. The minimum Gasteiger partial charge on any atom is -0.341 e. The van der Waals surface area contributed by atoms with Crippen LogP contribution in [0.1, 0.15) is 41.5 Å². The number of fused-ring (bicyclic) bond motifs is 2. The SMILES string of the molecule is CC#CCn1c(N2CCC[C@@H](N)C2)nc2c1C(=O)N(Cc1ncccc1C#N)C1OC1N2C. The lowest BCUT2D eigenvalue weighted by atomic mass is 10.1. The molecular formula is C23H26N8O2. The Labute approximate surface area is 192 Å². The highest BCUT2D eigenvalue weighted by molar-refractivity contribution is 5.99. The highest BCUT2D eigenvalue weighted by atomic mass is 16.6. The summed E-state index contributed by atoms with van der Waals surface area (Å²) >= 11 is 0. The van der Waals surface area contributed by atoms with E-state index < -0.39 is 6.23 Å². The normalized spacial score (nSPS) is 23.8. The van der Waals surface area contributed by atoms with Gasteiger partial charge in [-0.05, 0) is 31.9 Å². The second kappa shape index (κ2) is 8.39. The predicted octanol–water partition coefficient (Wildman–Crippen LogP) is 0.875. The number of nitriles is 1. The van der Waals surface area contributed by atoms with Gasteiger partial charge >= 0.3 is 0 Å². The number of hydrogen-bond acceptors (Lipinski definition) is 8. The topological polar surface area (TPSA) is 120 Å². The van der Waals surface area contributed by atoms with Gasteiger partial charge in [0.05, 0.1) is 24.3 Å². The zero-order valence-corrected chi connectivity index (χ0v) is 18.7. The number of amides is 1. The van der Waals surface area contributed by atoms with Gasteiger partial charge in [0.1, 0.15) is 6.07 Å². The van der Waals surface area contributed by atoms with Gasteiger partial charge in [0.2, 0.25) is 5.95 Å². The molecule has 2 aromatic heterocycles. The van der Waals surface area contributed by atoms with Gasteiger partial charge < -0.3 is 25.2 Å². The number of piperidine rings is 1. The number of imidazole rings is 1. The molecular weight excluding hydrogens is 420 g/mol. The van der Waals surface area contributed by atoms with Crippen LogP contribution in [0.3, 0.4) is 0 Å². The van der Waals surface area contributed by atoms with Gasteiger partial charge in [-0.3, -0.25) is 14.3 Å². The van der Waals surface area contributed by atoms with Crippen LogP contribution >= 0.6 is 0 Å². The van der Waals surface area contributed by atoms with Crippen molar-refractivity contribution >= 4 is 17.7 Å². The summed E-state index contributed by atoms with van der Waals surface area (Å²) in [4.78, 5) is 28.9. The summed E-state index contributed by atoms with van der Waals surface area (Å²) in [6, 6.07) is 5.63. The van der Waals surface area contributed by atoms with Crippen molar-refractivity contribution in [2.75, 3.05) is 29.9 Å². The first kappa shape index (κ1) is 21.3. The van der Waals surface area contributed by atoms with E-state index in [2.05, 4.69) is 27.8 Å². The quantitative estimate of drug-likeness (QED) is 0.543. The van der Waals surface area contributed by atoms with E-state index in [-0.39, 0.29) is 24.7 Å². The molecule has 3 aliphatic heterocycles. The van der Waals surface area contributed by atoms with Crippen molar-refractivity contribution in [2.45, 2.75) is 51.4 Å². The molecule has 0 aliphatic carbocycles. The minimum atomic E-state index is -0.428. The largest absolute Gasteiger partial charge is 0.341 e. The Morgan fingerprint density at radius 1 is 1.36 bits per heavy atom. The standard InChI is InChI=1S/C23H26N8O2/c1-3-4-11-30-18-19(27-23(30)29-10-6-8-16(25)13-29)28(2)21-22(33-21)31(20(18)32)14-17-15(12-24)7-5-9-26-17/h5,7,9,16,21-22H,6,8,10-11,13-14,25H2,1-2H3/t16-,21?,22?/m1/s1. The number of nitrogens with two attached hydrogens (primary N) is 1. The Balaban J connectivity index is 1.58. The van der Waals surface area contributed by atoms with E-state index >= 15 is 0 Å². The lowest BCUT2D eigenvalue weighted by molar-refractivity contribution is 0.0639. The lowest BCUT2D eigenvalue weighted by Gasteiger charge is -2.32. The van der Waals surface area contributed by atoms with Crippen LogP contribution in [0.15, 0.2) is 18.3 Å². The van der Waals surface area contributed by atoms with Crippen LogP contribution in [-0.2, 0) is 17.8 Å². The van der Waals surface area contributed by atoms with Crippen LogP contribution in [0.4, 0.5) is 11.8 Å². The van der Waals surface area contributed by atoms with Crippen LogP contribution < -0.4 is 15.5 Å². The Morgan fingerprint density at radius 2 is 2.21 bits per heavy atom. The first-order valence-corrected chi connectivity index (χ1v) is 11.1. The maximum absolute atomic E-state index is 13.9. The average Bonchev–Trinajstić information content (AvgIpc) is 3.53. The first-order valence-electron chi connectivity index (χ1n) is 11.1. The molecule has 0 aromatic carbocycles. The van der Waals surface area contributed by atoms with E-state index in [0.717, 1.165) is 19.4 Å². The summed E-state index contributed by atoms with van der Waals surface area (Å²) in [7, 11) is 1.89. The monoisotopic (exact) mass is 446 g/mol. The third-order valence-corrected chi connectivity index (χ3v) is 6.35. The van der Waals surface area contributed by atoms with Crippen molar-refractivity contribution in [1.82, 2.24) is 19.4 Å². The van der Waals surface area contributed by atoms with E-state index in [0.29, 0.717) is 41.8 Å². The molecule has 0 bridgehead atoms. The number of likely N-dealkylation sites (N-methyl/N-ethyl adjacent to an activating group) is 1. The van der Waals surface area contributed by atoms with Crippen LogP contribution in [0.2, 0.25) is 0 Å². The summed E-state index contributed by atoms with van der Waals surface area (Å²) in [5, 5.41) is 9.48. The number of epoxide rings is 1. The van der Waals surface area contributed by atoms with E-state index in [1.165, 1.54) is 0 Å². The van der Waals surface area contributed by atoms with E-state index in [9.17, 15) is 10.1 Å². The zero-order valence-electron chi connectivity index (χ0n) is 18.7. The summed E-state index contributed by atoms with van der Waals surface area (Å²) in [6.45, 7) is 3.80.